The van der Waals surface area contributed by atoms with Crippen LogP contribution in [0.5, 0.6) is 11.8 Å². The Morgan fingerprint density at radius 2 is 2.00 bits per heavy atom. The van der Waals surface area contributed by atoms with Crippen LogP contribution in [-0.2, 0) is 0 Å². The fourth-order valence-corrected chi connectivity index (χ4v) is 1.59. The SMILES string of the molecule is COc1nc(=S)nc(-c2ccc(OC)c(F)c2)[nH]1. The number of rotatable bonds is 3. The lowest BCUT2D eigenvalue weighted by molar-refractivity contribution is 0.378. The zero-order valence-electron chi connectivity index (χ0n) is 9.73. The van der Waals surface area contributed by atoms with Gasteiger partial charge < -0.3 is 9.47 Å². The van der Waals surface area contributed by atoms with E-state index in [4.69, 9.17) is 21.7 Å². The molecule has 7 heteroatoms. The van der Waals surface area contributed by atoms with Crippen molar-refractivity contribution in [3.05, 3.63) is 28.8 Å². The van der Waals surface area contributed by atoms with Crippen LogP contribution in [0.1, 0.15) is 0 Å². The molecule has 0 spiro atoms. The van der Waals surface area contributed by atoms with Crippen molar-refractivity contribution in [1.82, 2.24) is 15.0 Å². The van der Waals surface area contributed by atoms with Gasteiger partial charge in [0.25, 0.3) is 6.01 Å². The number of H-pyrrole nitrogens is 1. The van der Waals surface area contributed by atoms with E-state index in [1.165, 1.54) is 26.4 Å². The average molecular weight is 267 g/mol. The second-order valence-electron chi connectivity index (χ2n) is 3.34. The number of nitrogens with one attached hydrogen (secondary N) is 1. The van der Waals surface area contributed by atoms with E-state index in [0.29, 0.717) is 11.4 Å². The van der Waals surface area contributed by atoms with E-state index in [-0.39, 0.29) is 16.5 Å². The summed E-state index contributed by atoms with van der Waals surface area (Å²) in [5.41, 5.74) is 0.528. The number of halogens is 1. The van der Waals surface area contributed by atoms with Crippen molar-refractivity contribution in [1.29, 1.82) is 0 Å². The number of aromatic nitrogens is 3. The molecule has 0 radical (unpaired) electrons. The summed E-state index contributed by atoms with van der Waals surface area (Å²) in [4.78, 5) is 10.6. The highest BCUT2D eigenvalue weighted by molar-refractivity contribution is 7.71. The third-order valence-electron chi connectivity index (χ3n) is 2.25. The van der Waals surface area contributed by atoms with E-state index in [9.17, 15) is 4.39 Å². The Morgan fingerprint density at radius 3 is 2.61 bits per heavy atom. The van der Waals surface area contributed by atoms with E-state index in [2.05, 4.69) is 15.0 Å². The Labute approximate surface area is 108 Å². The second kappa shape index (κ2) is 5.09. The first-order valence-corrected chi connectivity index (χ1v) is 5.41. The van der Waals surface area contributed by atoms with Crippen LogP contribution in [0.15, 0.2) is 18.2 Å². The predicted molar refractivity (Wildman–Crippen MR) is 65.7 cm³/mol. The second-order valence-corrected chi connectivity index (χ2v) is 3.70. The maximum absolute atomic E-state index is 13.6. The Bertz CT molecular complexity index is 630. The molecule has 1 aromatic heterocycles. The summed E-state index contributed by atoms with van der Waals surface area (Å²) in [6.07, 6.45) is 0. The maximum atomic E-state index is 13.6. The lowest BCUT2D eigenvalue weighted by Crippen LogP contribution is -1.98. The van der Waals surface area contributed by atoms with Gasteiger partial charge in [0.2, 0.25) is 4.77 Å². The van der Waals surface area contributed by atoms with Gasteiger partial charge in [0.05, 0.1) is 14.2 Å². The predicted octanol–water partition coefficient (Wildman–Crippen LogP) is 2.36. The van der Waals surface area contributed by atoms with Gasteiger partial charge in [0.15, 0.2) is 11.6 Å². The molecule has 0 atom stereocenters. The summed E-state index contributed by atoms with van der Waals surface area (Å²) in [5, 5.41) is 0. The lowest BCUT2D eigenvalue weighted by atomic mass is 10.2. The van der Waals surface area contributed by atoms with Gasteiger partial charge >= 0.3 is 0 Å². The molecule has 0 bridgehead atoms. The average Bonchev–Trinajstić information content (AvgIpc) is 2.37. The number of nitrogens with zero attached hydrogens (tertiary/aromatic N) is 2. The lowest BCUT2D eigenvalue weighted by Gasteiger charge is -2.06. The van der Waals surface area contributed by atoms with Crippen LogP contribution in [0.25, 0.3) is 11.4 Å². The fourth-order valence-electron chi connectivity index (χ4n) is 1.41. The molecule has 0 unspecified atom stereocenters. The summed E-state index contributed by atoms with van der Waals surface area (Å²) < 4.78 is 23.5. The minimum Gasteiger partial charge on any atom is -0.494 e. The number of benzene rings is 1. The van der Waals surface area contributed by atoms with Crippen molar-refractivity contribution in [3.63, 3.8) is 0 Å². The molecule has 1 N–H and O–H groups in total. The molecule has 2 aromatic rings. The number of aromatic amines is 1. The number of methoxy groups -OCH3 is 2. The summed E-state index contributed by atoms with van der Waals surface area (Å²) in [6.45, 7) is 0. The van der Waals surface area contributed by atoms with Gasteiger partial charge in [-0.2, -0.15) is 4.98 Å². The normalized spacial score (nSPS) is 10.2. The quantitative estimate of drug-likeness (QED) is 0.865. The first kappa shape index (κ1) is 12.4. The molecule has 2 rings (SSSR count). The molecule has 0 amide bonds. The molecule has 0 aliphatic rings. The van der Waals surface area contributed by atoms with Crippen LogP contribution in [0.2, 0.25) is 0 Å². The molecule has 0 aliphatic heterocycles. The van der Waals surface area contributed by atoms with Crippen LogP contribution in [0, 0.1) is 10.6 Å². The minimum absolute atomic E-state index is 0.122. The van der Waals surface area contributed by atoms with Crippen LogP contribution in [0.4, 0.5) is 4.39 Å². The summed E-state index contributed by atoms with van der Waals surface area (Å²) in [6, 6.07) is 4.69. The zero-order valence-corrected chi connectivity index (χ0v) is 10.5. The molecular formula is C11H10FN3O2S. The van der Waals surface area contributed by atoms with Crippen molar-refractivity contribution in [2.24, 2.45) is 0 Å². The molecule has 0 saturated heterocycles. The molecular weight excluding hydrogens is 257 g/mol. The highest BCUT2D eigenvalue weighted by Crippen LogP contribution is 2.23. The number of hydrogen-bond acceptors (Lipinski definition) is 5. The monoisotopic (exact) mass is 267 g/mol. The Morgan fingerprint density at radius 1 is 1.22 bits per heavy atom. The molecule has 0 saturated carbocycles. The third kappa shape index (κ3) is 2.45. The first-order chi connectivity index (χ1) is 8.63. The third-order valence-corrected chi connectivity index (χ3v) is 2.43. The Kier molecular flexibility index (Phi) is 3.52. The summed E-state index contributed by atoms with van der Waals surface area (Å²) in [7, 11) is 2.85. The van der Waals surface area contributed by atoms with Crippen molar-refractivity contribution >= 4 is 12.2 Å². The van der Waals surface area contributed by atoms with Crippen molar-refractivity contribution in [2.45, 2.75) is 0 Å². The van der Waals surface area contributed by atoms with Gasteiger partial charge in [-0.15, -0.1) is 0 Å². The van der Waals surface area contributed by atoms with E-state index in [1.54, 1.807) is 6.07 Å². The van der Waals surface area contributed by atoms with E-state index in [0.717, 1.165) is 0 Å². The van der Waals surface area contributed by atoms with Gasteiger partial charge in [-0.3, -0.25) is 4.98 Å². The molecule has 94 valence electrons. The van der Waals surface area contributed by atoms with Crippen molar-refractivity contribution in [2.75, 3.05) is 14.2 Å². The van der Waals surface area contributed by atoms with Gasteiger partial charge in [0.1, 0.15) is 5.82 Å². The van der Waals surface area contributed by atoms with Crippen LogP contribution in [-0.4, -0.2) is 29.2 Å². The van der Waals surface area contributed by atoms with Crippen LogP contribution in [0.3, 0.4) is 0 Å². The van der Waals surface area contributed by atoms with E-state index < -0.39 is 5.82 Å². The summed E-state index contributed by atoms with van der Waals surface area (Å²) in [5.74, 6) is 0.0682. The highest BCUT2D eigenvalue weighted by atomic mass is 32.1. The van der Waals surface area contributed by atoms with Crippen molar-refractivity contribution in [3.8, 4) is 23.1 Å². The maximum Gasteiger partial charge on any atom is 0.297 e. The number of ether oxygens (including phenoxy) is 2. The fraction of sp³-hybridized carbons (Fsp3) is 0.182. The molecule has 5 nitrogen and oxygen atoms in total. The van der Waals surface area contributed by atoms with Gasteiger partial charge in [0, 0.05) is 5.56 Å². The summed E-state index contributed by atoms with van der Waals surface area (Å²) >= 11 is 4.89. The van der Waals surface area contributed by atoms with Crippen LogP contribution < -0.4 is 9.47 Å². The number of hydrogen-bond donors (Lipinski definition) is 1. The molecule has 1 aromatic carbocycles. The highest BCUT2D eigenvalue weighted by Gasteiger charge is 2.08. The molecule has 0 aliphatic carbocycles. The van der Waals surface area contributed by atoms with Crippen LogP contribution >= 0.6 is 12.2 Å². The van der Waals surface area contributed by atoms with Gasteiger partial charge in [-0.1, -0.05) is 0 Å². The molecule has 18 heavy (non-hydrogen) atoms. The van der Waals surface area contributed by atoms with E-state index >= 15 is 0 Å². The zero-order chi connectivity index (χ0) is 13.1. The standard InChI is InChI=1S/C11H10FN3O2S/c1-16-8-4-3-6(5-7(8)12)9-13-10(17-2)15-11(18)14-9/h3-5H,1-2H3,(H,13,14,15,18). The van der Waals surface area contributed by atoms with Gasteiger partial charge in [-0.05, 0) is 30.4 Å². The van der Waals surface area contributed by atoms with E-state index in [1.807, 2.05) is 0 Å². The topological polar surface area (TPSA) is 60.0 Å². The molecule has 0 fully saturated rings. The van der Waals surface area contributed by atoms with Gasteiger partial charge in [-0.25, -0.2) is 9.37 Å². The Balaban J connectivity index is 2.51. The smallest absolute Gasteiger partial charge is 0.297 e. The largest absolute Gasteiger partial charge is 0.494 e. The minimum atomic E-state index is -0.480. The molecule has 1 heterocycles. The Hall–Kier alpha value is -2.02. The first-order valence-electron chi connectivity index (χ1n) is 5.00. The van der Waals surface area contributed by atoms with Crippen molar-refractivity contribution < 1.29 is 13.9 Å².